The van der Waals surface area contributed by atoms with Crippen LogP contribution in [0.25, 0.3) is 0 Å². The van der Waals surface area contributed by atoms with Crippen LogP contribution in [-0.2, 0) is 25.6 Å². The second-order valence-corrected chi connectivity index (χ2v) is 10.2. The van der Waals surface area contributed by atoms with Crippen molar-refractivity contribution in [3.05, 3.63) is 35.9 Å². The number of likely N-dealkylation sites (N-methyl/N-ethyl adjacent to an activating group) is 1. The zero-order valence-electron chi connectivity index (χ0n) is 21.7. The van der Waals surface area contributed by atoms with Crippen LogP contribution in [0, 0.1) is 5.41 Å². The molecule has 1 aromatic rings. The molecule has 9 nitrogen and oxygen atoms in total. The van der Waals surface area contributed by atoms with Gasteiger partial charge in [0.15, 0.2) is 0 Å². The summed E-state index contributed by atoms with van der Waals surface area (Å²) in [7, 11) is 1.69. The van der Waals surface area contributed by atoms with E-state index in [1.807, 2.05) is 56.0 Å². The Morgan fingerprint density at radius 1 is 1.11 bits per heavy atom. The van der Waals surface area contributed by atoms with Gasteiger partial charge in [-0.15, -0.1) is 0 Å². The summed E-state index contributed by atoms with van der Waals surface area (Å²) in [4.78, 5) is 53.8. The van der Waals surface area contributed by atoms with Crippen LogP contribution in [0.2, 0.25) is 0 Å². The summed E-state index contributed by atoms with van der Waals surface area (Å²) in [6, 6.07) is 9.10. The number of amides is 4. The van der Waals surface area contributed by atoms with Crippen molar-refractivity contribution in [3.63, 3.8) is 0 Å². The second-order valence-electron chi connectivity index (χ2n) is 10.2. The average molecular weight is 488 g/mol. The Bertz CT molecular complexity index is 868. The van der Waals surface area contributed by atoms with E-state index in [0.29, 0.717) is 26.1 Å². The second kappa shape index (κ2) is 13.2. The molecule has 2 atom stereocenters. The third kappa shape index (κ3) is 8.98. The van der Waals surface area contributed by atoms with Crippen LogP contribution < -0.4 is 16.0 Å². The number of nitrogens with zero attached hydrogens (tertiary/aromatic N) is 2. The van der Waals surface area contributed by atoms with E-state index < -0.39 is 11.5 Å². The van der Waals surface area contributed by atoms with Gasteiger partial charge in [-0.1, -0.05) is 51.1 Å². The fourth-order valence-corrected chi connectivity index (χ4v) is 4.30. The number of carbonyl (C=O) groups excluding carboxylic acids is 4. The van der Waals surface area contributed by atoms with Crippen LogP contribution in [0.5, 0.6) is 0 Å². The average Bonchev–Trinajstić information content (AvgIpc) is 3.26. The molecule has 3 N–H and O–H groups in total. The number of hydrogen-bond acceptors (Lipinski definition) is 5. The highest BCUT2D eigenvalue weighted by molar-refractivity contribution is 5.89. The maximum absolute atomic E-state index is 13.6. The van der Waals surface area contributed by atoms with Crippen LogP contribution in [0.3, 0.4) is 0 Å². The van der Waals surface area contributed by atoms with Crippen molar-refractivity contribution < 1.29 is 19.2 Å². The molecule has 9 heteroatoms. The third-order valence-electron chi connectivity index (χ3n) is 6.20. The molecule has 194 valence electrons. The van der Waals surface area contributed by atoms with Gasteiger partial charge in [0.1, 0.15) is 6.04 Å². The lowest BCUT2D eigenvalue weighted by Crippen LogP contribution is -2.58. The molecule has 0 aromatic heterocycles. The van der Waals surface area contributed by atoms with Crippen molar-refractivity contribution in [1.82, 2.24) is 25.8 Å². The van der Waals surface area contributed by atoms with E-state index in [-0.39, 0.29) is 42.8 Å². The molecule has 0 spiro atoms. The lowest BCUT2D eigenvalue weighted by Gasteiger charge is -2.37. The van der Waals surface area contributed by atoms with E-state index in [4.69, 9.17) is 0 Å². The van der Waals surface area contributed by atoms with E-state index >= 15 is 0 Å². The van der Waals surface area contributed by atoms with Gasteiger partial charge in [-0.05, 0) is 37.3 Å². The number of nitrogens with one attached hydrogen (secondary N) is 3. The molecule has 0 radical (unpaired) electrons. The van der Waals surface area contributed by atoms with Crippen molar-refractivity contribution in [1.29, 1.82) is 0 Å². The first-order chi connectivity index (χ1) is 16.5. The SMILES string of the molecule is CNCC(=O)N[C@H](C(=O)N1CCC[C@H]1CN(CCc1ccccc1)C(=O)CNC(C)=O)C(C)(C)C. The van der Waals surface area contributed by atoms with Gasteiger partial charge in [0, 0.05) is 32.6 Å². The Morgan fingerprint density at radius 2 is 1.80 bits per heavy atom. The maximum atomic E-state index is 13.6. The van der Waals surface area contributed by atoms with E-state index in [1.165, 1.54) is 6.92 Å². The highest BCUT2D eigenvalue weighted by atomic mass is 16.2. The predicted octanol–water partition coefficient (Wildman–Crippen LogP) is 0.935. The number of benzene rings is 1. The van der Waals surface area contributed by atoms with Crippen molar-refractivity contribution in [2.24, 2.45) is 5.41 Å². The molecule has 0 aliphatic carbocycles. The molecule has 0 saturated carbocycles. The smallest absolute Gasteiger partial charge is 0.246 e. The lowest BCUT2D eigenvalue weighted by atomic mass is 9.85. The number of likely N-dealkylation sites (tertiary alicyclic amines) is 1. The topological polar surface area (TPSA) is 111 Å². The largest absolute Gasteiger partial charge is 0.347 e. The molecule has 1 saturated heterocycles. The van der Waals surface area contributed by atoms with E-state index in [9.17, 15) is 19.2 Å². The Morgan fingerprint density at radius 3 is 2.40 bits per heavy atom. The van der Waals surface area contributed by atoms with Gasteiger partial charge < -0.3 is 25.8 Å². The third-order valence-corrected chi connectivity index (χ3v) is 6.20. The molecule has 0 unspecified atom stereocenters. The van der Waals surface area contributed by atoms with Crippen molar-refractivity contribution in [2.75, 3.05) is 39.8 Å². The standard InChI is InChI=1S/C26H41N5O4/c1-19(32)28-17-23(34)30(15-13-20-10-7-6-8-11-20)18-21-12-9-14-31(21)25(35)24(26(2,3)4)29-22(33)16-27-5/h6-8,10-11,21,24,27H,9,12-18H2,1-5H3,(H,28,32)(H,29,33)/t21-,24+/m0/s1. The minimum atomic E-state index is -0.670. The minimum Gasteiger partial charge on any atom is -0.347 e. The summed E-state index contributed by atoms with van der Waals surface area (Å²) >= 11 is 0. The fraction of sp³-hybridized carbons (Fsp3) is 0.615. The van der Waals surface area contributed by atoms with Crippen molar-refractivity contribution in [2.45, 2.75) is 59.0 Å². The number of hydrogen-bond donors (Lipinski definition) is 3. The first-order valence-corrected chi connectivity index (χ1v) is 12.3. The summed E-state index contributed by atoms with van der Waals surface area (Å²) in [5, 5.41) is 8.30. The van der Waals surface area contributed by atoms with Gasteiger partial charge in [0.05, 0.1) is 13.1 Å². The molecule has 35 heavy (non-hydrogen) atoms. The van der Waals surface area contributed by atoms with Gasteiger partial charge >= 0.3 is 0 Å². The summed E-state index contributed by atoms with van der Waals surface area (Å²) in [6.07, 6.45) is 2.30. The summed E-state index contributed by atoms with van der Waals surface area (Å²) in [5.74, 6) is -0.789. The molecule has 2 rings (SSSR count). The zero-order chi connectivity index (χ0) is 26.0. The quantitative estimate of drug-likeness (QED) is 0.430. The normalized spacial score (nSPS) is 16.5. The summed E-state index contributed by atoms with van der Waals surface area (Å²) in [5.41, 5.74) is 0.645. The first-order valence-electron chi connectivity index (χ1n) is 12.3. The van der Waals surface area contributed by atoms with E-state index in [2.05, 4.69) is 16.0 Å². The Hall–Kier alpha value is -2.94. The van der Waals surface area contributed by atoms with Gasteiger partial charge in [-0.2, -0.15) is 0 Å². The van der Waals surface area contributed by atoms with Crippen LogP contribution in [-0.4, -0.2) is 85.3 Å². The molecule has 1 aromatic carbocycles. The van der Waals surface area contributed by atoms with Crippen molar-refractivity contribution in [3.8, 4) is 0 Å². The van der Waals surface area contributed by atoms with E-state index in [1.54, 1.807) is 11.9 Å². The van der Waals surface area contributed by atoms with Crippen LogP contribution in [0.15, 0.2) is 30.3 Å². The molecular formula is C26H41N5O4. The van der Waals surface area contributed by atoms with E-state index in [0.717, 1.165) is 18.4 Å². The number of rotatable bonds is 11. The van der Waals surface area contributed by atoms with Crippen LogP contribution >= 0.6 is 0 Å². The zero-order valence-corrected chi connectivity index (χ0v) is 21.7. The molecule has 1 aliphatic heterocycles. The monoisotopic (exact) mass is 487 g/mol. The lowest BCUT2D eigenvalue weighted by molar-refractivity contribution is -0.141. The molecular weight excluding hydrogens is 446 g/mol. The molecule has 1 fully saturated rings. The number of carbonyl (C=O) groups is 4. The molecule has 1 aliphatic rings. The van der Waals surface area contributed by atoms with Gasteiger partial charge in [0.25, 0.3) is 0 Å². The fourth-order valence-electron chi connectivity index (χ4n) is 4.30. The Labute approximate surface area is 209 Å². The Kier molecular flexibility index (Phi) is 10.7. The van der Waals surface area contributed by atoms with Gasteiger partial charge in [-0.3, -0.25) is 19.2 Å². The highest BCUT2D eigenvalue weighted by Gasteiger charge is 2.40. The van der Waals surface area contributed by atoms with Gasteiger partial charge in [0.2, 0.25) is 23.6 Å². The van der Waals surface area contributed by atoms with Gasteiger partial charge in [-0.25, -0.2) is 0 Å². The van der Waals surface area contributed by atoms with Crippen molar-refractivity contribution >= 4 is 23.6 Å². The maximum Gasteiger partial charge on any atom is 0.246 e. The van der Waals surface area contributed by atoms with Crippen LogP contribution in [0.1, 0.15) is 46.1 Å². The Balaban J connectivity index is 2.16. The molecule has 1 heterocycles. The predicted molar refractivity (Wildman–Crippen MR) is 135 cm³/mol. The minimum absolute atomic E-state index is 0.0739. The molecule has 0 bridgehead atoms. The summed E-state index contributed by atoms with van der Waals surface area (Å²) in [6.45, 7) is 8.71. The van der Waals surface area contributed by atoms with Crippen LogP contribution in [0.4, 0.5) is 0 Å². The molecule has 4 amide bonds. The first kappa shape index (κ1) is 28.3. The summed E-state index contributed by atoms with van der Waals surface area (Å²) < 4.78 is 0. The highest BCUT2D eigenvalue weighted by Crippen LogP contribution is 2.26.